The van der Waals surface area contributed by atoms with E-state index in [1.54, 1.807) is 0 Å². The number of nitrogens with zero attached hydrogens (tertiary/aromatic N) is 1. The maximum absolute atomic E-state index is 10.7. The van der Waals surface area contributed by atoms with Gasteiger partial charge in [0.25, 0.3) is 5.09 Å². The molecule has 0 rings (SSSR count). The van der Waals surface area contributed by atoms with E-state index in [4.69, 9.17) is 25.5 Å². The fourth-order valence-corrected chi connectivity index (χ4v) is 0.647. The predicted molar refractivity (Wildman–Crippen MR) is 53.6 cm³/mol. The molecule has 0 saturated carbocycles. The molecule has 0 aromatic carbocycles. The molecule has 0 aromatic rings. The van der Waals surface area contributed by atoms with Gasteiger partial charge >= 0.3 is 23.9 Å². The number of ether oxygens (including phenoxy) is 1. The number of carbonyl (C=O) groups is 4. The summed E-state index contributed by atoms with van der Waals surface area (Å²) in [4.78, 5) is 49.9. The Balaban J connectivity index is 0. The van der Waals surface area contributed by atoms with Crippen molar-refractivity contribution in [3.63, 3.8) is 0 Å². The molecule has 0 amide bonds. The summed E-state index contributed by atoms with van der Waals surface area (Å²) in [6, 6.07) is 0. The van der Waals surface area contributed by atoms with Crippen molar-refractivity contribution in [2.45, 2.75) is 25.7 Å². The van der Waals surface area contributed by atoms with Crippen LogP contribution >= 0.6 is 0 Å². The lowest BCUT2D eigenvalue weighted by Gasteiger charge is -1.99. The molecule has 0 unspecified atom stereocenters. The molecule has 3 N–H and O–H groups in total. The molecule has 0 aliphatic carbocycles. The second-order valence-corrected chi connectivity index (χ2v) is 2.87. The molecule has 108 valence electrons. The number of hydrogen-bond donors (Lipinski definition) is 3. The van der Waals surface area contributed by atoms with Gasteiger partial charge in [-0.1, -0.05) is 0 Å². The third-order valence-corrected chi connectivity index (χ3v) is 1.31. The van der Waals surface area contributed by atoms with E-state index < -0.39 is 54.6 Å². The topological polar surface area (TPSA) is 181 Å². The minimum Gasteiger partial charge on any atom is -0.481 e. The van der Waals surface area contributed by atoms with Crippen molar-refractivity contribution in [1.29, 1.82) is 0 Å². The Morgan fingerprint density at radius 1 is 0.895 bits per heavy atom. The van der Waals surface area contributed by atoms with Crippen molar-refractivity contribution >= 4 is 23.9 Å². The van der Waals surface area contributed by atoms with Crippen LogP contribution in [0.3, 0.4) is 0 Å². The van der Waals surface area contributed by atoms with Gasteiger partial charge < -0.3 is 20.2 Å². The summed E-state index contributed by atoms with van der Waals surface area (Å²) in [6.45, 7) is 0. The van der Waals surface area contributed by atoms with Gasteiger partial charge in [0.1, 0.15) is 0 Å². The Bertz CT molecular complexity index is 331. The van der Waals surface area contributed by atoms with Gasteiger partial charge in [-0.2, -0.15) is 0 Å². The number of carboxylic acid groups (broad SMARTS) is 2. The third kappa shape index (κ3) is 21.2. The number of rotatable bonds is 6. The fraction of sp³-hybridized carbons (Fsp3) is 0.500. The lowest BCUT2D eigenvalue weighted by Crippen LogP contribution is -2.14. The second-order valence-electron chi connectivity index (χ2n) is 2.87. The summed E-state index contributed by atoms with van der Waals surface area (Å²) in [7, 11) is 0. The molecule has 0 heterocycles. The van der Waals surface area contributed by atoms with Crippen LogP contribution in [0.4, 0.5) is 0 Å². The zero-order valence-electron chi connectivity index (χ0n) is 9.48. The Morgan fingerprint density at radius 2 is 1.16 bits per heavy atom. The fourth-order valence-electron chi connectivity index (χ4n) is 0.647. The number of carboxylic acids is 2. The highest BCUT2D eigenvalue weighted by molar-refractivity contribution is 5.88. The number of hydrogen-bond acceptors (Lipinski definition) is 7. The first-order valence-electron chi connectivity index (χ1n) is 4.65. The summed E-state index contributed by atoms with van der Waals surface area (Å²) >= 11 is 0. The summed E-state index contributed by atoms with van der Waals surface area (Å²) < 4.78 is 4.15. The van der Waals surface area contributed by atoms with Crippen LogP contribution in [0.5, 0.6) is 0 Å². The van der Waals surface area contributed by atoms with E-state index in [0.717, 1.165) is 0 Å². The molecule has 0 aromatic heterocycles. The minimum absolute atomic E-state index is 0.409. The molecule has 0 atom stereocenters. The SMILES string of the molecule is O=C(O)CCC(=O)OC(=O)CCC(=O)O.O=[N+]([O-])O. The highest BCUT2D eigenvalue weighted by Crippen LogP contribution is 1.97. The van der Waals surface area contributed by atoms with E-state index in [9.17, 15) is 19.2 Å². The van der Waals surface area contributed by atoms with Gasteiger partial charge in [-0.25, -0.2) is 0 Å². The minimum atomic E-state index is -1.50. The van der Waals surface area contributed by atoms with Crippen LogP contribution in [0.1, 0.15) is 25.7 Å². The summed E-state index contributed by atoms with van der Waals surface area (Å²) in [6.07, 6.45) is -1.67. The number of aliphatic carboxylic acids is 2. The van der Waals surface area contributed by atoms with Crippen molar-refractivity contribution in [2.75, 3.05) is 0 Å². The lowest BCUT2D eigenvalue weighted by atomic mass is 10.3. The van der Waals surface area contributed by atoms with Gasteiger partial charge in [0.05, 0.1) is 25.7 Å². The van der Waals surface area contributed by atoms with E-state index in [0.29, 0.717) is 0 Å². The zero-order chi connectivity index (χ0) is 15.4. The first-order valence-corrected chi connectivity index (χ1v) is 4.65. The molecule has 0 spiro atoms. The first-order chi connectivity index (χ1) is 8.65. The van der Waals surface area contributed by atoms with Crippen LogP contribution in [-0.2, 0) is 23.9 Å². The Hall–Kier alpha value is -2.72. The van der Waals surface area contributed by atoms with Crippen molar-refractivity contribution < 1.29 is 44.4 Å². The van der Waals surface area contributed by atoms with Gasteiger partial charge in [0.2, 0.25) is 0 Å². The van der Waals surface area contributed by atoms with Gasteiger partial charge in [-0.05, 0) is 0 Å². The number of carbonyl (C=O) groups excluding carboxylic acids is 2. The lowest BCUT2D eigenvalue weighted by molar-refractivity contribution is -0.742. The summed E-state index contributed by atoms with van der Waals surface area (Å²) in [5.41, 5.74) is 0. The molecule has 11 heteroatoms. The van der Waals surface area contributed by atoms with Crippen LogP contribution in [0.15, 0.2) is 0 Å². The van der Waals surface area contributed by atoms with E-state index in [1.807, 2.05) is 0 Å². The first kappa shape index (κ1) is 18.6. The molecule has 0 aliphatic heterocycles. The van der Waals surface area contributed by atoms with Crippen molar-refractivity contribution in [3.05, 3.63) is 10.1 Å². The van der Waals surface area contributed by atoms with Gasteiger partial charge in [-0.15, -0.1) is 10.1 Å². The molecular formula is C8H11NO10. The zero-order valence-corrected chi connectivity index (χ0v) is 9.48. The Labute approximate surface area is 105 Å². The Kier molecular flexibility index (Phi) is 10.2. The molecule has 0 fully saturated rings. The maximum Gasteiger partial charge on any atom is 0.314 e. The molecule has 0 aliphatic rings. The molecule has 0 bridgehead atoms. The quantitative estimate of drug-likeness (QED) is 0.247. The van der Waals surface area contributed by atoms with Crippen LogP contribution in [0.2, 0.25) is 0 Å². The highest BCUT2D eigenvalue weighted by atomic mass is 16.9. The van der Waals surface area contributed by atoms with Crippen LogP contribution in [-0.4, -0.2) is 44.4 Å². The average molecular weight is 281 g/mol. The second kappa shape index (κ2) is 10.4. The maximum atomic E-state index is 10.7. The largest absolute Gasteiger partial charge is 0.481 e. The van der Waals surface area contributed by atoms with E-state index >= 15 is 0 Å². The molecule has 19 heavy (non-hydrogen) atoms. The van der Waals surface area contributed by atoms with Gasteiger partial charge in [0.15, 0.2) is 0 Å². The summed E-state index contributed by atoms with van der Waals surface area (Å²) in [5, 5.41) is 30.0. The van der Waals surface area contributed by atoms with Crippen molar-refractivity contribution in [2.24, 2.45) is 0 Å². The molecule has 11 nitrogen and oxygen atoms in total. The average Bonchev–Trinajstić information content (AvgIpc) is 2.22. The van der Waals surface area contributed by atoms with E-state index in [2.05, 4.69) is 4.74 Å². The third-order valence-electron chi connectivity index (χ3n) is 1.31. The van der Waals surface area contributed by atoms with Crippen molar-refractivity contribution in [3.8, 4) is 0 Å². The highest BCUT2D eigenvalue weighted by Gasteiger charge is 2.13. The predicted octanol–water partition coefficient (Wildman–Crippen LogP) is -0.562. The number of esters is 2. The molecule has 0 saturated heterocycles. The van der Waals surface area contributed by atoms with Crippen LogP contribution in [0, 0.1) is 10.1 Å². The normalized spacial score (nSPS) is 8.63. The molecule has 0 radical (unpaired) electrons. The van der Waals surface area contributed by atoms with E-state index in [1.165, 1.54) is 0 Å². The standard InChI is InChI=1S/C8H10O7.HNO3/c9-5(10)1-3-7(13)15-8(14)4-2-6(11)12;2-1(3)4/h1-4H2,(H,9,10)(H,11,12);(H,2,3,4). The monoisotopic (exact) mass is 281 g/mol. The van der Waals surface area contributed by atoms with Crippen molar-refractivity contribution in [1.82, 2.24) is 0 Å². The van der Waals surface area contributed by atoms with Crippen LogP contribution < -0.4 is 0 Å². The van der Waals surface area contributed by atoms with Crippen LogP contribution in [0.25, 0.3) is 0 Å². The summed E-state index contributed by atoms with van der Waals surface area (Å²) in [5.74, 6) is -4.28. The van der Waals surface area contributed by atoms with Gasteiger partial charge in [0, 0.05) is 0 Å². The smallest absolute Gasteiger partial charge is 0.314 e. The van der Waals surface area contributed by atoms with E-state index in [-0.39, 0.29) is 0 Å². The van der Waals surface area contributed by atoms with Gasteiger partial charge in [-0.3, -0.25) is 19.2 Å². The molecular weight excluding hydrogens is 270 g/mol. The Morgan fingerprint density at radius 3 is 1.37 bits per heavy atom.